The van der Waals surface area contributed by atoms with Crippen LogP contribution in [0.1, 0.15) is 22.3 Å². The van der Waals surface area contributed by atoms with E-state index >= 15 is 0 Å². The molecule has 4 rings (SSSR count). The molecule has 144 valence electrons. The molecule has 0 N–H and O–H groups in total. The van der Waals surface area contributed by atoms with Crippen molar-refractivity contribution in [3.8, 4) is 0 Å². The summed E-state index contributed by atoms with van der Waals surface area (Å²) in [5, 5.41) is 0. The second kappa shape index (κ2) is 15.7. The molecule has 0 bridgehead atoms. The molecule has 2 aromatic carbocycles. The Hall–Kier alpha value is -1.18. The molecule has 2 aliphatic carbocycles. The predicted molar refractivity (Wildman–Crippen MR) is 116 cm³/mol. The van der Waals surface area contributed by atoms with Gasteiger partial charge in [-0.1, -0.05) is 47.6 Å². The Morgan fingerprint density at radius 1 is 0.643 bits per heavy atom. The Morgan fingerprint density at radius 3 is 1.39 bits per heavy atom. The van der Waals surface area contributed by atoms with Crippen LogP contribution < -0.4 is 24.8 Å². The summed E-state index contributed by atoms with van der Waals surface area (Å²) in [7, 11) is 0. The van der Waals surface area contributed by atoms with E-state index < -0.39 is 0 Å². The summed E-state index contributed by atoms with van der Waals surface area (Å²) in [6.07, 6.45) is 24.8. The Balaban J connectivity index is 0.000000415. The van der Waals surface area contributed by atoms with Gasteiger partial charge in [-0.25, -0.2) is 0 Å². The van der Waals surface area contributed by atoms with Crippen molar-refractivity contribution in [2.75, 3.05) is 0 Å². The van der Waals surface area contributed by atoms with Gasteiger partial charge < -0.3 is 24.8 Å². The average molecular weight is 503 g/mol. The largest absolute Gasteiger partial charge is 1.00 e. The van der Waals surface area contributed by atoms with E-state index in [2.05, 4.69) is 98.1 Å². The molecule has 0 heterocycles. The van der Waals surface area contributed by atoms with Crippen molar-refractivity contribution >= 4 is 29.7 Å². The maximum Gasteiger partial charge on any atom is -1.00 e. The standard InChI is InChI=1S/2C11H9.C2H6Si.2ClH.Zr/c2*1-2-4-7-11-9-5-8-10(11)6-3-1;1-3-2;;;/h2*1-9H;1-2H3;2*1H;/q2*-1;;;;+2/p-2/b2*2-1-,6-3-,7-4?;;;;. The fraction of sp³-hybridized carbons (Fsp3) is 0.0833. The van der Waals surface area contributed by atoms with Gasteiger partial charge in [0.25, 0.3) is 0 Å². The average Bonchev–Trinajstić information content (AvgIpc) is 3.16. The van der Waals surface area contributed by atoms with Gasteiger partial charge in [-0.3, -0.25) is 0 Å². The predicted octanol–water partition coefficient (Wildman–Crippen LogP) is 0.796. The topological polar surface area (TPSA) is 0 Å². The summed E-state index contributed by atoms with van der Waals surface area (Å²) in [6, 6.07) is 12.6. The maximum atomic E-state index is 2.31. The molecular weight excluding hydrogens is 478 g/mol. The molecule has 0 amide bonds. The smallest absolute Gasteiger partial charge is 1.00 e. The first-order chi connectivity index (χ1) is 12.7. The molecule has 0 nitrogen and oxygen atoms in total. The van der Waals surface area contributed by atoms with Crippen molar-refractivity contribution in [2.45, 2.75) is 13.1 Å². The van der Waals surface area contributed by atoms with Gasteiger partial charge in [-0.15, -0.1) is 59.7 Å². The summed E-state index contributed by atoms with van der Waals surface area (Å²) in [5.41, 5.74) is 5.40. The molecule has 4 heteroatoms. The van der Waals surface area contributed by atoms with Crippen LogP contribution in [0.15, 0.2) is 85.0 Å². The van der Waals surface area contributed by atoms with E-state index in [0.29, 0.717) is 0 Å². The van der Waals surface area contributed by atoms with Crippen molar-refractivity contribution in [1.29, 1.82) is 0 Å². The monoisotopic (exact) mass is 500 g/mol. The quantitative estimate of drug-likeness (QED) is 0.369. The maximum absolute atomic E-state index is 2.31. The number of hydrogen-bond acceptors (Lipinski definition) is 0. The molecule has 2 aliphatic rings. The zero-order valence-corrected chi connectivity index (χ0v) is 21.1. The van der Waals surface area contributed by atoms with Gasteiger partial charge in [0.2, 0.25) is 0 Å². The fourth-order valence-corrected chi connectivity index (χ4v) is 2.40. The third-order valence-electron chi connectivity index (χ3n) is 3.54. The molecule has 0 aromatic heterocycles. The molecule has 0 atom stereocenters. The molecule has 0 radical (unpaired) electrons. The van der Waals surface area contributed by atoms with Crippen molar-refractivity contribution in [3.63, 3.8) is 0 Å². The Bertz CT molecular complexity index is 756. The summed E-state index contributed by atoms with van der Waals surface area (Å²) in [4.78, 5) is 0. The van der Waals surface area contributed by atoms with Crippen LogP contribution in [0, 0.1) is 0 Å². The van der Waals surface area contributed by atoms with Gasteiger partial charge in [0.05, 0.1) is 0 Å². The normalized spacial score (nSPS) is 16.7. The molecular formula is C24H24Cl2SiZr-2. The van der Waals surface area contributed by atoms with Gasteiger partial charge in [0.1, 0.15) is 0 Å². The minimum atomic E-state index is 0. The molecule has 0 fully saturated rings. The Kier molecular flexibility index (Phi) is 15.0. The van der Waals surface area contributed by atoms with Crippen LogP contribution in [0.25, 0.3) is 24.3 Å². The fourth-order valence-electron chi connectivity index (χ4n) is 2.40. The number of rotatable bonds is 0. The minimum Gasteiger partial charge on any atom is -1.00 e. The summed E-state index contributed by atoms with van der Waals surface area (Å²) in [6.45, 7) is 4.62. The van der Waals surface area contributed by atoms with Crippen LogP contribution in [-0.2, 0) is 23.3 Å². The second-order valence-corrected chi connectivity index (χ2v) is 15.5. The van der Waals surface area contributed by atoms with Crippen molar-refractivity contribution in [1.82, 2.24) is 0 Å². The molecule has 0 saturated carbocycles. The van der Waals surface area contributed by atoms with Gasteiger partial charge in [-0.05, 0) is 0 Å². The van der Waals surface area contributed by atoms with E-state index in [9.17, 15) is 0 Å². The molecule has 0 unspecified atom stereocenters. The zero-order valence-electron chi connectivity index (χ0n) is 16.1. The van der Waals surface area contributed by atoms with Crippen LogP contribution in [0.5, 0.6) is 0 Å². The summed E-state index contributed by atoms with van der Waals surface area (Å²) >= 11 is 1.74. The van der Waals surface area contributed by atoms with Crippen LogP contribution in [0.3, 0.4) is 0 Å². The Morgan fingerprint density at radius 2 is 1.00 bits per heavy atom. The van der Waals surface area contributed by atoms with Crippen LogP contribution in [0.2, 0.25) is 13.1 Å². The first-order valence-electron chi connectivity index (χ1n) is 8.73. The van der Waals surface area contributed by atoms with Gasteiger partial charge in [-0.2, -0.15) is 24.3 Å². The number of halogens is 2. The van der Waals surface area contributed by atoms with Crippen LogP contribution in [-0.4, -0.2) is 5.43 Å². The molecule has 28 heavy (non-hydrogen) atoms. The first kappa shape index (κ1) is 26.8. The van der Waals surface area contributed by atoms with Crippen molar-refractivity contribution < 1.29 is 48.1 Å². The van der Waals surface area contributed by atoms with E-state index in [1.807, 2.05) is 24.3 Å². The van der Waals surface area contributed by atoms with Gasteiger partial charge in [0, 0.05) is 0 Å². The van der Waals surface area contributed by atoms with Gasteiger partial charge >= 0.3 is 41.9 Å². The van der Waals surface area contributed by atoms with Crippen LogP contribution in [0.4, 0.5) is 0 Å². The van der Waals surface area contributed by atoms with Gasteiger partial charge in [0.15, 0.2) is 0 Å². The van der Waals surface area contributed by atoms with E-state index in [0.717, 1.165) is 0 Å². The summed E-state index contributed by atoms with van der Waals surface area (Å²) in [5.74, 6) is 0. The van der Waals surface area contributed by atoms with E-state index in [1.165, 1.54) is 22.3 Å². The summed E-state index contributed by atoms with van der Waals surface area (Å²) < 4.78 is 0. The van der Waals surface area contributed by atoms with E-state index in [-0.39, 0.29) is 30.2 Å². The number of allylic oxidation sites excluding steroid dienone is 8. The molecule has 0 spiro atoms. The van der Waals surface area contributed by atoms with Crippen molar-refractivity contribution in [2.24, 2.45) is 0 Å². The zero-order chi connectivity index (χ0) is 18.6. The Labute approximate surface area is 197 Å². The van der Waals surface area contributed by atoms with Crippen LogP contribution >= 0.6 is 0 Å². The van der Waals surface area contributed by atoms with E-state index in [4.69, 9.17) is 0 Å². The SMILES string of the molecule is C1=C[c-]2cccc2/C=C\C=C/1.C1=C[c-]2cccc2/C=C\C=C/1.C[Si](C)=[Zr+2].[Cl-].[Cl-]. The first-order valence-corrected chi connectivity index (χ1v) is 14.9. The number of fused-ring (bicyclic) bond motifs is 2. The second-order valence-electron chi connectivity index (χ2n) is 6.08. The third kappa shape index (κ3) is 10.4. The minimum absolute atomic E-state index is 0. The molecule has 0 aliphatic heterocycles. The third-order valence-corrected chi connectivity index (χ3v) is 3.54. The number of hydrogen-bond donors (Lipinski definition) is 0. The van der Waals surface area contributed by atoms with E-state index in [1.54, 1.807) is 23.3 Å². The van der Waals surface area contributed by atoms with Crippen molar-refractivity contribution in [3.05, 3.63) is 107 Å². The molecule has 0 saturated heterocycles. The molecule has 2 aromatic rings.